The largest absolute Gasteiger partial charge is 0.382 e. The van der Waals surface area contributed by atoms with Gasteiger partial charge < -0.3 is 20.1 Å². The first-order valence-corrected chi connectivity index (χ1v) is 6.99. The summed E-state index contributed by atoms with van der Waals surface area (Å²) in [6, 6.07) is 5.91. The maximum Gasteiger partial charge on any atom is 0.251 e. The van der Waals surface area contributed by atoms with Crippen molar-refractivity contribution in [2.45, 2.75) is 13.0 Å². The molecule has 0 bridgehead atoms. The standard InChI is InChI=1S/C15H22N2O3/c1-19-9-10-20-8-7-17-15(18)14-4-2-3-12-11-16-6-5-13(12)14/h2-4,16H,5-11H2,1H3,(H,17,18). The van der Waals surface area contributed by atoms with Gasteiger partial charge in [-0.15, -0.1) is 0 Å². The minimum atomic E-state index is -0.0147. The molecule has 1 heterocycles. The van der Waals surface area contributed by atoms with Gasteiger partial charge in [0, 0.05) is 25.8 Å². The Balaban J connectivity index is 1.83. The molecule has 110 valence electrons. The van der Waals surface area contributed by atoms with Gasteiger partial charge in [0.2, 0.25) is 0 Å². The molecule has 0 saturated heterocycles. The zero-order valence-corrected chi connectivity index (χ0v) is 11.9. The molecule has 1 aliphatic rings. The number of amides is 1. The quantitative estimate of drug-likeness (QED) is 0.722. The van der Waals surface area contributed by atoms with E-state index in [1.807, 2.05) is 12.1 Å². The first-order chi connectivity index (χ1) is 9.83. The molecule has 0 atom stereocenters. The zero-order valence-electron chi connectivity index (χ0n) is 11.9. The van der Waals surface area contributed by atoms with Crippen molar-refractivity contribution in [3.8, 4) is 0 Å². The summed E-state index contributed by atoms with van der Waals surface area (Å²) in [5.41, 5.74) is 3.19. The van der Waals surface area contributed by atoms with Gasteiger partial charge in [0.15, 0.2) is 0 Å². The number of ether oxygens (including phenoxy) is 2. The lowest BCUT2D eigenvalue weighted by Gasteiger charge is -2.19. The second kappa shape index (κ2) is 7.99. The van der Waals surface area contributed by atoms with Gasteiger partial charge in [-0.05, 0) is 30.2 Å². The maximum absolute atomic E-state index is 12.2. The molecule has 1 amide bonds. The van der Waals surface area contributed by atoms with Crippen LogP contribution in [0.3, 0.4) is 0 Å². The highest BCUT2D eigenvalue weighted by molar-refractivity contribution is 5.96. The van der Waals surface area contributed by atoms with Crippen molar-refractivity contribution < 1.29 is 14.3 Å². The number of benzene rings is 1. The van der Waals surface area contributed by atoms with Gasteiger partial charge in [0.25, 0.3) is 5.91 Å². The molecule has 2 rings (SSSR count). The minimum Gasteiger partial charge on any atom is -0.382 e. The van der Waals surface area contributed by atoms with Crippen LogP contribution < -0.4 is 10.6 Å². The van der Waals surface area contributed by atoms with E-state index in [1.54, 1.807) is 7.11 Å². The van der Waals surface area contributed by atoms with Crippen LogP contribution in [0.5, 0.6) is 0 Å². The van der Waals surface area contributed by atoms with Crippen LogP contribution in [0.15, 0.2) is 18.2 Å². The number of hydrogen-bond acceptors (Lipinski definition) is 4. The van der Waals surface area contributed by atoms with Crippen LogP contribution >= 0.6 is 0 Å². The summed E-state index contributed by atoms with van der Waals surface area (Å²) in [6.07, 6.45) is 0.906. The normalized spacial score (nSPS) is 13.8. The van der Waals surface area contributed by atoms with Crippen molar-refractivity contribution in [3.63, 3.8) is 0 Å². The molecule has 0 fully saturated rings. The van der Waals surface area contributed by atoms with Gasteiger partial charge in [-0.3, -0.25) is 4.79 Å². The van der Waals surface area contributed by atoms with Crippen LogP contribution in [0.25, 0.3) is 0 Å². The molecule has 0 spiro atoms. The lowest BCUT2D eigenvalue weighted by molar-refractivity contribution is 0.0692. The second-order valence-electron chi connectivity index (χ2n) is 4.73. The summed E-state index contributed by atoms with van der Waals surface area (Å²) in [7, 11) is 1.64. The number of rotatable bonds is 7. The van der Waals surface area contributed by atoms with Crippen molar-refractivity contribution >= 4 is 5.91 Å². The molecule has 0 aliphatic carbocycles. The van der Waals surface area contributed by atoms with Crippen molar-refractivity contribution in [1.29, 1.82) is 0 Å². The molecule has 1 aromatic carbocycles. The van der Waals surface area contributed by atoms with Crippen molar-refractivity contribution in [2.24, 2.45) is 0 Å². The SMILES string of the molecule is COCCOCCNC(=O)c1cccc2c1CCNC2. The highest BCUT2D eigenvalue weighted by atomic mass is 16.5. The van der Waals surface area contributed by atoms with Gasteiger partial charge in [0.05, 0.1) is 19.8 Å². The fourth-order valence-corrected chi connectivity index (χ4v) is 2.32. The summed E-state index contributed by atoms with van der Waals surface area (Å²) < 4.78 is 10.2. The molecule has 20 heavy (non-hydrogen) atoms. The minimum absolute atomic E-state index is 0.0147. The van der Waals surface area contributed by atoms with Gasteiger partial charge in [0.1, 0.15) is 0 Å². The highest BCUT2D eigenvalue weighted by Gasteiger charge is 2.16. The Hall–Kier alpha value is -1.43. The van der Waals surface area contributed by atoms with Crippen molar-refractivity contribution in [2.75, 3.05) is 40.0 Å². The number of carbonyl (C=O) groups is 1. The number of nitrogens with one attached hydrogen (secondary N) is 2. The second-order valence-corrected chi connectivity index (χ2v) is 4.73. The van der Waals surface area contributed by atoms with Gasteiger partial charge in [-0.1, -0.05) is 12.1 Å². The van der Waals surface area contributed by atoms with Crippen LogP contribution in [-0.2, 0) is 22.4 Å². The molecule has 2 N–H and O–H groups in total. The number of hydrogen-bond donors (Lipinski definition) is 2. The van der Waals surface area contributed by atoms with E-state index in [4.69, 9.17) is 9.47 Å². The first-order valence-electron chi connectivity index (χ1n) is 6.99. The predicted molar refractivity (Wildman–Crippen MR) is 76.9 cm³/mol. The summed E-state index contributed by atoms with van der Waals surface area (Å²) >= 11 is 0. The van der Waals surface area contributed by atoms with Crippen molar-refractivity contribution in [3.05, 3.63) is 34.9 Å². The third kappa shape index (κ3) is 4.03. The van der Waals surface area contributed by atoms with Crippen LogP contribution in [-0.4, -0.2) is 45.9 Å². The van der Waals surface area contributed by atoms with E-state index in [0.29, 0.717) is 26.4 Å². The third-order valence-electron chi connectivity index (χ3n) is 3.35. The molecular weight excluding hydrogens is 256 g/mol. The smallest absolute Gasteiger partial charge is 0.251 e. The fraction of sp³-hybridized carbons (Fsp3) is 0.533. The van der Waals surface area contributed by atoms with Crippen LogP contribution in [0.4, 0.5) is 0 Å². The number of carbonyl (C=O) groups excluding carboxylic acids is 1. The monoisotopic (exact) mass is 278 g/mol. The lowest BCUT2D eigenvalue weighted by Crippen LogP contribution is -2.31. The van der Waals surface area contributed by atoms with Crippen LogP contribution in [0, 0.1) is 0 Å². The Morgan fingerprint density at radius 1 is 1.35 bits per heavy atom. The fourth-order valence-electron chi connectivity index (χ4n) is 2.32. The predicted octanol–water partition coefficient (Wildman–Crippen LogP) is 0.725. The molecule has 1 aromatic rings. The van der Waals surface area contributed by atoms with Gasteiger partial charge in [-0.2, -0.15) is 0 Å². The number of fused-ring (bicyclic) bond motifs is 1. The van der Waals surface area contributed by atoms with Crippen molar-refractivity contribution in [1.82, 2.24) is 10.6 Å². The van der Waals surface area contributed by atoms with E-state index in [-0.39, 0.29) is 5.91 Å². The molecular formula is C15H22N2O3. The molecule has 1 aliphatic heterocycles. The number of methoxy groups -OCH3 is 1. The molecule has 5 heteroatoms. The molecule has 0 radical (unpaired) electrons. The van der Waals surface area contributed by atoms with E-state index >= 15 is 0 Å². The Morgan fingerprint density at radius 3 is 3.10 bits per heavy atom. The zero-order chi connectivity index (χ0) is 14.2. The summed E-state index contributed by atoms with van der Waals surface area (Å²) in [6.45, 7) is 3.93. The Morgan fingerprint density at radius 2 is 2.25 bits per heavy atom. The Labute approximate surface area is 119 Å². The molecule has 5 nitrogen and oxygen atoms in total. The van der Waals surface area contributed by atoms with Gasteiger partial charge in [-0.25, -0.2) is 0 Å². The average molecular weight is 278 g/mol. The van der Waals surface area contributed by atoms with Crippen LogP contribution in [0.2, 0.25) is 0 Å². The van der Waals surface area contributed by atoms with E-state index < -0.39 is 0 Å². The van der Waals surface area contributed by atoms with E-state index in [1.165, 1.54) is 11.1 Å². The maximum atomic E-state index is 12.2. The summed E-state index contributed by atoms with van der Waals surface area (Å²) in [5, 5.41) is 6.22. The first kappa shape index (κ1) is 15.0. The van der Waals surface area contributed by atoms with Crippen LogP contribution in [0.1, 0.15) is 21.5 Å². The summed E-state index contributed by atoms with van der Waals surface area (Å²) in [5.74, 6) is -0.0147. The summed E-state index contributed by atoms with van der Waals surface area (Å²) in [4.78, 5) is 12.2. The van der Waals surface area contributed by atoms with Gasteiger partial charge >= 0.3 is 0 Å². The van der Waals surface area contributed by atoms with E-state index in [0.717, 1.165) is 25.1 Å². The third-order valence-corrected chi connectivity index (χ3v) is 3.35. The average Bonchev–Trinajstić information content (AvgIpc) is 2.50. The molecule has 0 aromatic heterocycles. The molecule has 0 saturated carbocycles. The molecule has 0 unspecified atom stereocenters. The van der Waals surface area contributed by atoms with E-state index in [2.05, 4.69) is 16.7 Å². The Bertz CT molecular complexity index is 449. The highest BCUT2D eigenvalue weighted by Crippen LogP contribution is 2.18. The van der Waals surface area contributed by atoms with E-state index in [9.17, 15) is 4.79 Å². The Kier molecular flexibility index (Phi) is 5.98. The lowest BCUT2D eigenvalue weighted by atomic mass is 9.95. The topological polar surface area (TPSA) is 59.6 Å².